The molecule has 1 atom stereocenters. The van der Waals surface area contributed by atoms with Gasteiger partial charge >= 0.3 is 0 Å². The van der Waals surface area contributed by atoms with Crippen molar-refractivity contribution in [3.05, 3.63) is 95.3 Å². The molecule has 1 aliphatic carbocycles. The van der Waals surface area contributed by atoms with Crippen molar-refractivity contribution in [1.29, 1.82) is 0 Å². The number of nitrogens with one attached hydrogen (secondary N) is 1. The third-order valence-electron chi connectivity index (χ3n) is 6.20. The van der Waals surface area contributed by atoms with Crippen LogP contribution in [0.15, 0.2) is 72.8 Å². The summed E-state index contributed by atoms with van der Waals surface area (Å²) in [5, 5.41) is 3.00. The number of carbonyl (C=O) groups is 2. The fourth-order valence-electron chi connectivity index (χ4n) is 4.08. The molecule has 0 radical (unpaired) electrons. The molecule has 1 fully saturated rings. The van der Waals surface area contributed by atoms with Crippen molar-refractivity contribution < 1.29 is 14.0 Å². The van der Waals surface area contributed by atoms with E-state index in [0.717, 1.165) is 29.7 Å². The van der Waals surface area contributed by atoms with E-state index in [2.05, 4.69) is 5.32 Å². The van der Waals surface area contributed by atoms with Crippen LogP contribution in [0.2, 0.25) is 0 Å². The molecule has 2 amide bonds. The molecule has 0 saturated heterocycles. The molecule has 0 aliphatic heterocycles. The Bertz CT molecular complexity index is 1180. The first-order chi connectivity index (χ1) is 16.3. The lowest BCUT2D eigenvalue weighted by Gasteiger charge is -2.31. The summed E-state index contributed by atoms with van der Waals surface area (Å²) in [6.07, 6.45) is 1.86. The standard InChI is InChI=1S/C28H30FN3O2/c1-19(20-8-5-4-6-9-20)32(28(34)22-10-7-11-24(29)16-22)18-23-17-25(14-15-26(23)31(2)3)30-27(33)21-12-13-21/h4-11,14-17,19,21H,12-13,18H2,1-3H3,(H,30,33). The molecule has 0 bridgehead atoms. The first-order valence-electron chi connectivity index (χ1n) is 11.6. The van der Waals surface area contributed by atoms with Crippen LogP contribution in [0.3, 0.4) is 0 Å². The van der Waals surface area contributed by atoms with Gasteiger partial charge in [0.05, 0.1) is 6.04 Å². The summed E-state index contributed by atoms with van der Waals surface area (Å²) in [6, 6.07) is 21.1. The molecule has 34 heavy (non-hydrogen) atoms. The monoisotopic (exact) mass is 459 g/mol. The predicted octanol–water partition coefficient (Wildman–Crippen LogP) is 5.64. The van der Waals surface area contributed by atoms with Crippen molar-refractivity contribution >= 4 is 23.2 Å². The van der Waals surface area contributed by atoms with Gasteiger partial charge in [0.1, 0.15) is 5.82 Å². The van der Waals surface area contributed by atoms with Gasteiger partial charge in [0.2, 0.25) is 5.91 Å². The third-order valence-corrected chi connectivity index (χ3v) is 6.20. The second-order valence-corrected chi connectivity index (χ2v) is 9.03. The molecule has 0 aromatic heterocycles. The average Bonchev–Trinajstić information content (AvgIpc) is 3.68. The van der Waals surface area contributed by atoms with Gasteiger partial charge in [0, 0.05) is 43.5 Å². The van der Waals surface area contributed by atoms with Gasteiger partial charge < -0.3 is 15.1 Å². The van der Waals surface area contributed by atoms with Gasteiger partial charge in [-0.15, -0.1) is 0 Å². The van der Waals surface area contributed by atoms with E-state index in [1.54, 1.807) is 17.0 Å². The number of benzene rings is 3. The lowest BCUT2D eigenvalue weighted by Crippen LogP contribution is -2.34. The van der Waals surface area contributed by atoms with E-state index in [9.17, 15) is 14.0 Å². The van der Waals surface area contributed by atoms with Crippen molar-refractivity contribution in [2.24, 2.45) is 5.92 Å². The minimum atomic E-state index is -0.447. The van der Waals surface area contributed by atoms with E-state index in [1.165, 1.54) is 12.1 Å². The maximum absolute atomic E-state index is 13.9. The largest absolute Gasteiger partial charge is 0.377 e. The summed E-state index contributed by atoms with van der Waals surface area (Å²) in [5.74, 6) is -0.569. The van der Waals surface area contributed by atoms with E-state index >= 15 is 0 Å². The van der Waals surface area contributed by atoms with Gasteiger partial charge in [-0.05, 0) is 67.3 Å². The van der Waals surface area contributed by atoms with Crippen molar-refractivity contribution in [2.75, 3.05) is 24.3 Å². The molecule has 3 aromatic rings. The predicted molar refractivity (Wildman–Crippen MR) is 133 cm³/mol. The zero-order valence-corrected chi connectivity index (χ0v) is 19.8. The van der Waals surface area contributed by atoms with Gasteiger partial charge in [-0.1, -0.05) is 36.4 Å². The van der Waals surface area contributed by atoms with Gasteiger partial charge in [-0.2, -0.15) is 0 Å². The van der Waals surface area contributed by atoms with Crippen LogP contribution in [-0.2, 0) is 11.3 Å². The first kappa shape index (κ1) is 23.5. The number of nitrogens with zero attached hydrogens (tertiary/aromatic N) is 2. The van der Waals surface area contributed by atoms with E-state index < -0.39 is 5.82 Å². The topological polar surface area (TPSA) is 52.7 Å². The van der Waals surface area contributed by atoms with Crippen LogP contribution < -0.4 is 10.2 Å². The highest BCUT2D eigenvalue weighted by atomic mass is 19.1. The minimum absolute atomic E-state index is 0.0360. The van der Waals surface area contributed by atoms with Crippen molar-refractivity contribution in [3.63, 3.8) is 0 Å². The number of hydrogen-bond donors (Lipinski definition) is 1. The fourth-order valence-corrected chi connectivity index (χ4v) is 4.08. The number of halogens is 1. The van der Waals surface area contributed by atoms with Gasteiger partial charge in [0.15, 0.2) is 0 Å². The first-order valence-corrected chi connectivity index (χ1v) is 11.6. The Balaban J connectivity index is 1.71. The zero-order chi connectivity index (χ0) is 24.2. The van der Waals surface area contributed by atoms with Crippen LogP contribution in [0.5, 0.6) is 0 Å². The van der Waals surface area contributed by atoms with Gasteiger partial charge in [-0.25, -0.2) is 4.39 Å². The molecule has 6 heteroatoms. The molecule has 0 heterocycles. The number of carbonyl (C=O) groups excluding carboxylic acids is 2. The maximum atomic E-state index is 13.9. The summed E-state index contributed by atoms with van der Waals surface area (Å²) in [5.41, 5.74) is 3.83. The van der Waals surface area contributed by atoms with E-state index in [1.807, 2.05) is 74.4 Å². The normalized spacial score (nSPS) is 13.8. The van der Waals surface area contributed by atoms with Crippen molar-refractivity contribution in [2.45, 2.75) is 32.4 Å². The van der Waals surface area contributed by atoms with E-state index in [4.69, 9.17) is 0 Å². The van der Waals surface area contributed by atoms with Crippen LogP contribution in [-0.4, -0.2) is 30.8 Å². The minimum Gasteiger partial charge on any atom is -0.377 e. The summed E-state index contributed by atoms with van der Waals surface area (Å²) >= 11 is 0. The highest BCUT2D eigenvalue weighted by Crippen LogP contribution is 2.32. The molecular formula is C28H30FN3O2. The Morgan fingerprint density at radius 3 is 2.38 bits per heavy atom. The number of amides is 2. The van der Waals surface area contributed by atoms with Crippen molar-refractivity contribution in [1.82, 2.24) is 4.90 Å². The summed E-state index contributed by atoms with van der Waals surface area (Å²) in [6.45, 7) is 2.27. The third kappa shape index (κ3) is 5.45. The van der Waals surface area contributed by atoms with Crippen molar-refractivity contribution in [3.8, 4) is 0 Å². The van der Waals surface area contributed by atoms with Gasteiger partial charge in [0.25, 0.3) is 5.91 Å². The Labute approximate surface area is 200 Å². The van der Waals surface area contributed by atoms with E-state index in [0.29, 0.717) is 17.8 Å². The SMILES string of the molecule is CC(c1ccccc1)N(Cc1cc(NC(=O)C2CC2)ccc1N(C)C)C(=O)c1cccc(F)c1. The lowest BCUT2D eigenvalue weighted by molar-refractivity contribution is -0.117. The quantitative estimate of drug-likeness (QED) is 0.474. The molecule has 176 valence electrons. The zero-order valence-electron chi connectivity index (χ0n) is 19.8. The smallest absolute Gasteiger partial charge is 0.254 e. The van der Waals surface area contributed by atoms with Crippen LogP contribution >= 0.6 is 0 Å². The summed E-state index contributed by atoms with van der Waals surface area (Å²) < 4.78 is 13.9. The molecule has 4 rings (SSSR count). The summed E-state index contributed by atoms with van der Waals surface area (Å²) in [4.78, 5) is 29.7. The Hall–Kier alpha value is -3.67. The molecular weight excluding hydrogens is 429 g/mol. The average molecular weight is 460 g/mol. The molecule has 1 N–H and O–H groups in total. The van der Waals surface area contributed by atoms with Crippen LogP contribution in [0.4, 0.5) is 15.8 Å². The second kappa shape index (κ2) is 10.1. The molecule has 5 nitrogen and oxygen atoms in total. The number of rotatable bonds is 8. The molecule has 3 aromatic carbocycles. The lowest BCUT2D eigenvalue weighted by atomic mass is 10.0. The van der Waals surface area contributed by atoms with Crippen LogP contribution in [0.25, 0.3) is 0 Å². The summed E-state index contributed by atoms with van der Waals surface area (Å²) in [7, 11) is 3.89. The van der Waals surface area contributed by atoms with Crippen LogP contribution in [0.1, 0.15) is 47.3 Å². The molecule has 1 saturated carbocycles. The highest BCUT2D eigenvalue weighted by molar-refractivity contribution is 5.95. The fraction of sp³-hybridized carbons (Fsp3) is 0.286. The Morgan fingerprint density at radius 1 is 1.00 bits per heavy atom. The van der Waals surface area contributed by atoms with Gasteiger partial charge in [-0.3, -0.25) is 9.59 Å². The van der Waals surface area contributed by atoms with Crippen LogP contribution in [0, 0.1) is 11.7 Å². The molecule has 1 unspecified atom stereocenters. The number of hydrogen-bond acceptors (Lipinski definition) is 3. The Morgan fingerprint density at radius 2 is 1.74 bits per heavy atom. The molecule has 1 aliphatic rings. The molecule has 0 spiro atoms. The second-order valence-electron chi connectivity index (χ2n) is 9.03. The maximum Gasteiger partial charge on any atom is 0.254 e. The van der Waals surface area contributed by atoms with E-state index in [-0.39, 0.29) is 23.8 Å². The Kier molecular flexibility index (Phi) is 6.96. The highest BCUT2D eigenvalue weighted by Gasteiger charge is 2.30. The number of anilines is 2.